The van der Waals surface area contributed by atoms with Crippen molar-refractivity contribution in [2.75, 3.05) is 5.75 Å². The van der Waals surface area contributed by atoms with Gasteiger partial charge in [-0.15, -0.1) is 23.1 Å². The lowest BCUT2D eigenvalue weighted by molar-refractivity contribution is -0.115. The van der Waals surface area contributed by atoms with E-state index in [0.29, 0.717) is 5.75 Å². The summed E-state index contributed by atoms with van der Waals surface area (Å²) in [7, 11) is 0. The van der Waals surface area contributed by atoms with Crippen molar-refractivity contribution < 1.29 is 4.79 Å². The van der Waals surface area contributed by atoms with E-state index in [9.17, 15) is 4.79 Å². The molecule has 0 aliphatic carbocycles. The molecule has 3 nitrogen and oxygen atoms in total. The topological polar surface area (TPSA) is 56.0 Å². The summed E-state index contributed by atoms with van der Waals surface area (Å²) < 4.78 is 0. The molecule has 66 valence electrons. The highest BCUT2D eigenvalue weighted by Gasteiger charge is 1.99. The van der Waals surface area contributed by atoms with Crippen LogP contribution in [0.1, 0.15) is 10.7 Å². The van der Waals surface area contributed by atoms with Crippen LogP contribution in [0.15, 0.2) is 5.38 Å². The van der Waals surface area contributed by atoms with E-state index >= 15 is 0 Å². The van der Waals surface area contributed by atoms with E-state index in [1.807, 2.05) is 12.3 Å². The third-order valence-corrected chi connectivity index (χ3v) is 2.97. The number of thiazole rings is 1. The SMILES string of the molecule is Cc1nc(CSCC(N)=O)cs1. The van der Waals surface area contributed by atoms with Crippen LogP contribution in [0.25, 0.3) is 0 Å². The van der Waals surface area contributed by atoms with Gasteiger partial charge in [-0.25, -0.2) is 4.98 Å². The number of amides is 1. The Kier molecular flexibility index (Phi) is 3.55. The molecule has 0 bridgehead atoms. The van der Waals surface area contributed by atoms with Crippen molar-refractivity contribution in [2.45, 2.75) is 12.7 Å². The van der Waals surface area contributed by atoms with Crippen molar-refractivity contribution in [2.24, 2.45) is 5.73 Å². The van der Waals surface area contributed by atoms with Crippen LogP contribution in [0.3, 0.4) is 0 Å². The van der Waals surface area contributed by atoms with Crippen molar-refractivity contribution >= 4 is 29.0 Å². The Morgan fingerprint density at radius 3 is 3.08 bits per heavy atom. The second kappa shape index (κ2) is 4.47. The summed E-state index contributed by atoms with van der Waals surface area (Å²) in [6, 6.07) is 0. The van der Waals surface area contributed by atoms with Crippen molar-refractivity contribution in [3.63, 3.8) is 0 Å². The van der Waals surface area contributed by atoms with Crippen LogP contribution < -0.4 is 5.73 Å². The number of primary amides is 1. The van der Waals surface area contributed by atoms with Gasteiger partial charge in [0.2, 0.25) is 5.91 Å². The maximum absolute atomic E-state index is 10.4. The van der Waals surface area contributed by atoms with Gasteiger partial charge in [-0.2, -0.15) is 0 Å². The summed E-state index contributed by atoms with van der Waals surface area (Å²) in [5.74, 6) is 0.871. The monoisotopic (exact) mass is 202 g/mol. The zero-order valence-electron chi connectivity index (χ0n) is 6.74. The minimum atomic E-state index is -0.271. The van der Waals surface area contributed by atoms with E-state index in [4.69, 9.17) is 5.73 Å². The zero-order valence-corrected chi connectivity index (χ0v) is 8.37. The molecule has 0 spiro atoms. The molecular formula is C7H10N2OS2. The predicted octanol–water partition coefficient (Wildman–Crippen LogP) is 1.17. The highest BCUT2D eigenvalue weighted by Crippen LogP contribution is 2.14. The third kappa shape index (κ3) is 3.23. The number of thioether (sulfide) groups is 1. The fraction of sp³-hybridized carbons (Fsp3) is 0.429. The number of carbonyl (C=O) groups is 1. The largest absolute Gasteiger partial charge is 0.369 e. The molecule has 0 aromatic carbocycles. The Balaban J connectivity index is 2.29. The van der Waals surface area contributed by atoms with Crippen LogP contribution in [-0.4, -0.2) is 16.6 Å². The molecule has 0 saturated heterocycles. The summed E-state index contributed by atoms with van der Waals surface area (Å²) in [6.07, 6.45) is 0. The number of nitrogens with two attached hydrogens (primary N) is 1. The van der Waals surface area contributed by atoms with Gasteiger partial charge in [0, 0.05) is 11.1 Å². The molecule has 5 heteroatoms. The Morgan fingerprint density at radius 1 is 1.83 bits per heavy atom. The van der Waals surface area contributed by atoms with Crippen LogP contribution in [-0.2, 0) is 10.5 Å². The maximum Gasteiger partial charge on any atom is 0.227 e. The molecular weight excluding hydrogens is 192 g/mol. The zero-order chi connectivity index (χ0) is 8.97. The van der Waals surface area contributed by atoms with E-state index in [1.54, 1.807) is 11.3 Å². The second-order valence-corrected chi connectivity index (χ2v) is 4.36. The van der Waals surface area contributed by atoms with Gasteiger partial charge in [-0.3, -0.25) is 4.79 Å². The molecule has 0 aliphatic heterocycles. The number of hydrogen-bond donors (Lipinski definition) is 1. The van der Waals surface area contributed by atoms with Gasteiger partial charge >= 0.3 is 0 Å². The lowest BCUT2D eigenvalue weighted by atomic mass is 10.6. The minimum Gasteiger partial charge on any atom is -0.369 e. The lowest BCUT2D eigenvalue weighted by Crippen LogP contribution is -2.13. The first kappa shape index (κ1) is 9.54. The molecule has 1 aromatic rings. The number of nitrogens with zero attached hydrogens (tertiary/aromatic N) is 1. The van der Waals surface area contributed by atoms with Gasteiger partial charge in [0.1, 0.15) is 0 Å². The lowest BCUT2D eigenvalue weighted by Gasteiger charge is -1.93. The van der Waals surface area contributed by atoms with Crippen LogP contribution >= 0.6 is 23.1 Å². The van der Waals surface area contributed by atoms with Crippen molar-refractivity contribution in [3.05, 3.63) is 16.1 Å². The molecule has 1 aromatic heterocycles. The first-order chi connectivity index (χ1) is 5.68. The van der Waals surface area contributed by atoms with Crippen LogP contribution in [0.5, 0.6) is 0 Å². The molecule has 0 atom stereocenters. The maximum atomic E-state index is 10.4. The molecule has 1 rings (SSSR count). The van der Waals surface area contributed by atoms with Gasteiger partial charge in [-0.1, -0.05) is 0 Å². The van der Waals surface area contributed by atoms with Crippen molar-refractivity contribution in [1.29, 1.82) is 0 Å². The number of carbonyl (C=O) groups excluding carboxylic acids is 1. The molecule has 1 heterocycles. The minimum absolute atomic E-state index is 0.271. The second-order valence-electron chi connectivity index (χ2n) is 2.32. The Morgan fingerprint density at radius 2 is 2.58 bits per heavy atom. The number of hydrogen-bond acceptors (Lipinski definition) is 4. The smallest absolute Gasteiger partial charge is 0.227 e. The Hall–Kier alpha value is -0.550. The Labute approximate surface area is 79.4 Å². The van der Waals surface area contributed by atoms with Gasteiger partial charge in [0.05, 0.1) is 16.5 Å². The molecule has 0 aliphatic rings. The van der Waals surface area contributed by atoms with E-state index in [1.165, 1.54) is 11.8 Å². The molecule has 12 heavy (non-hydrogen) atoms. The highest BCUT2D eigenvalue weighted by atomic mass is 32.2. The molecule has 0 radical (unpaired) electrons. The van der Waals surface area contributed by atoms with E-state index in [0.717, 1.165) is 16.5 Å². The fourth-order valence-electron chi connectivity index (χ4n) is 0.731. The van der Waals surface area contributed by atoms with Crippen LogP contribution in [0, 0.1) is 6.92 Å². The van der Waals surface area contributed by atoms with Crippen LogP contribution in [0.2, 0.25) is 0 Å². The molecule has 2 N–H and O–H groups in total. The number of aryl methyl sites for hydroxylation is 1. The first-order valence-corrected chi connectivity index (χ1v) is 5.49. The highest BCUT2D eigenvalue weighted by molar-refractivity contribution is 7.99. The van der Waals surface area contributed by atoms with Gasteiger partial charge in [-0.05, 0) is 6.92 Å². The fourth-order valence-corrected chi connectivity index (χ4v) is 2.11. The Bertz CT molecular complexity index is 272. The summed E-state index contributed by atoms with van der Waals surface area (Å²) >= 11 is 3.12. The third-order valence-electron chi connectivity index (χ3n) is 1.16. The van der Waals surface area contributed by atoms with Gasteiger partial charge in [0.25, 0.3) is 0 Å². The predicted molar refractivity (Wildman–Crippen MR) is 52.2 cm³/mol. The summed E-state index contributed by atoms with van der Waals surface area (Å²) in [5, 5.41) is 3.06. The standard InChI is InChI=1S/C7H10N2OS2/c1-5-9-6(3-12-5)2-11-4-7(8)10/h3H,2,4H2,1H3,(H2,8,10). The van der Waals surface area contributed by atoms with Gasteiger partial charge < -0.3 is 5.73 Å². The average molecular weight is 202 g/mol. The van der Waals surface area contributed by atoms with Crippen molar-refractivity contribution in [1.82, 2.24) is 4.98 Å². The normalized spacial score (nSPS) is 10.1. The molecule has 0 fully saturated rings. The quantitative estimate of drug-likeness (QED) is 0.797. The van der Waals surface area contributed by atoms with E-state index in [2.05, 4.69) is 4.98 Å². The van der Waals surface area contributed by atoms with Crippen LogP contribution in [0.4, 0.5) is 0 Å². The average Bonchev–Trinajstić information content (AvgIpc) is 2.35. The molecule has 0 saturated carbocycles. The van der Waals surface area contributed by atoms with Gasteiger partial charge in [0.15, 0.2) is 0 Å². The first-order valence-electron chi connectivity index (χ1n) is 3.45. The van der Waals surface area contributed by atoms with E-state index < -0.39 is 0 Å². The summed E-state index contributed by atoms with van der Waals surface area (Å²) in [6.45, 7) is 1.97. The number of aromatic nitrogens is 1. The number of rotatable bonds is 4. The van der Waals surface area contributed by atoms with E-state index in [-0.39, 0.29) is 5.91 Å². The summed E-state index contributed by atoms with van der Waals surface area (Å²) in [5.41, 5.74) is 6.02. The van der Waals surface area contributed by atoms with Crippen molar-refractivity contribution in [3.8, 4) is 0 Å². The molecule has 1 amide bonds. The summed E-state index contributed by atoms with van der Waals surface area (Å²) in [4.78, 5) is 14.6. The molecule has 0 unspecified atom stereocenters.